The molecule has 0 unspecified atom stereocenters. The third-order valence-corrected chi connectivity index (χ3v) is 9.59. The molecule has 0 radical (unpaired) electrons. The Bertz CT molecular complexity index is 1300. The van der Waals surface area contributed by atoms with Gasteiger partial charge in [0.15, 0.2) is 0 Å². The van der Waals surface area contributed by atoms with Crippen molar-refractivity contribution in [1.82, 2.24) is 9.88 Å². The van der Waals surface area contributed by atoms with Gasteiger partial charge >= 0.3 is 5.97 Å². The van der Waals surface area contributed by atoms with Crippen molar-refractivity contribution in [2.24, 2.45) is 11.8 Å². The number of carbonyl (C=O) groups excluding carboxylic acids is 1. The lowest BCUT2D eigenvalue weighted by Crippen LogP contribution is -2.31. The number of carboxylic acid groups (broad SMARTS) is 1. The SMILES string of the molecule is CC1CCC(C2=C(c3cc(-c4ccc(N(C)C(=O)c5cscn5)cc4)sc3C(=O)O)CCN(C)C2)CC1. The zero-order valence-electron chi connectivity index (χ0n) is 21.6. The summed E-state index contributed by atoms with van der Waals surface area (Å²) in [5.41, 5.74) is 7.41. The molecule has 194 valence electrons. The molecule has 1 amide bonds. The normalized spacial score (nSPS) is 20.7. The van der Waals surface area contributed by atoms with Crippen molar-refractivity contribution in [2.45, 2.75) is 39.0 Å². The van der Waals surface area contributed by atoms with Gasteiger partial charge in [-0.2, -0.15) is 0 Å². The van der Waals surface area contributed by atoms with Crippen LogP contribution in [-0.2, 0) is 0 Å². The molecule has 1 aliphatic carbocycles. The number of rotatable bonds is 6. The van der Waals surface area contributed by atoms with Crippen molar-refractivity contribution < 1.29 is 14.7 Å². The van der Waals surface area contributed by atoms with Crippen LogP contribution in [0.15, 0.2) is 46.8 Å². The molecule has 8 heteroatoms. The number of amides is 1. The summed E-state index contributed by atoms with van der Waals surface area (Å²) in [6.45, 7) is 4.21. The molecule has 6 nitrogen and oxygen atoms in total. The average molecular weight is 536 g/mol. The second-order valence-corrected chi connectivity index (χ2v) is 12.2. The van der Waals surface area contributed by atoms with Gasteiger partial charge in [0.1, 0.15) is 10.6 Å². The van der Waals surface area contributed by atoms with E-state index in [1.807, 2.05) is 24.3 Å². The molecule has 1 N–H and O–H groups in total. The molecule has 1 saturated carbocycles. The standard InChI is InChI=1S/C29H33N3O3S2/c1-18-4-6-19(7-5-18)24-15-31(2)13-12-22(24)23-14-26(37-27(23)29(34)35)20-8-10-21(11-9-20)32(3)28(33)25-16-36-17-30-25/h8-11,14,16-19H,4-7,12-13,15H2,1-3H3,(H,34,35). The van der Waals surface area contributed by atoms with Gasteiger partial charge in [-0.3, -0.25) is 4.79 Å². The maximum atomic E-state index is 12.7. The van der Waals surface area contributed by atoms with Crippen molar-refractivity contribution in [3.8, 4) is 10.4 Å². The lowest BCUT2D eigenvalue weighted by molar-refractivity contribution is 0.0701. The Morgan fingerprint density at radius 3 is 2.51 bits per heavy atom. The molecule has 5 rings (SSSR count). The summed E-state index contributed by atoms with van der Waals surface area (Å²) >= 11 is 2.74. The van der Waals surface area contributed by atoms with Crippen molar-refractivity contribution in [3.05, 3.63) is 62.9 Å². The predicted molar refractivity (Wildman–Crippen MR) is 152 cm³/mol. The predicted octanol–water partition coefficient (Wildman–Crippen LogP) is 6.76. The number of likely N-dealkylation sites (N-methyl/N-ethyl adjacent to an activating group) is 1. The average Bonchev–Trinajstić information content (AvgIpc) is 3.59. The van der Waals surface area contributed by atoms with E-state index in [1.54, 1.807) is 22.8 Å². The molecule has 2 aromatic heterocycles. The van der Waals surface area contributed by atoms with Crippen LogP contribution in [0.5, 0.6) is 0 Å². The Balaban J connectivity index is 1.47. The minimum absolute atomic E-state index is 0.153. The molecule has 0 bridgehead atoms. The molecule has 1 aliphatic heterocycles. The van der Waals surface area contributed by atoms with Crippen molar-refractivity contribution >= 4 is 45.8 Å². The van der Waals surface area contributed by atoms with Crippen LogP contribution < -0.4 is 4.90 Å². The summed E-state index contributed by atoms with van der Waals surface area (Å²) in [7, 11) is 3.90. The summed E-state index contributed by atoms with van der Waals surface area (Å²) in [5.74, 6) is 0.311. The Kier molecular flexibility index (Phi) is 7.60. The zero-order chi connectivity index (χ0) is 26.1. The van der Waals surface area contributed by atoms with E-state index >= 15 is 0 Å². The fourth-order valence-electron chi connectivity index (χ4n) is 5.59. The third kappa shape index (κ3) is 5.42. The Labute approximate surface area is 226 Å². The Hall–Kier alpha value is -2.81. The highest BCUT2D eigenvalue weighted by Gasteiger charge is 2.30. The van der Waals surface area contributed by atoms with E-state index in [4.69, 9.17) is 0 Å². The molecule has 0 atom stereocenters. The summed E-state index contributed by atoms with van der Waals surface area (Å²) in [6.07, 6.45) is 5.77. The first-order valence-electron chi connectivity index (χ1n) is 12.9. The first kappa shape index (κ1) is 25.8. The minimum Gasteiger partial charge on any atom is -0.477 e. The summed E-state index contributed by atoms with van der Waals surface area (Å²) < 4.78 is 0. The minimum atomic E-state index is -0.862. The highest BCUT2D eigenvalue weighted by atomic mass is 32.1. The molecule has 3 heterocycles. The van der Waals surface area contributed by atoms with E-state index in [0.717, 1.165) is 47.1 Å². The Morgan fingerprint density at radius 2 is 1.86 bits per heavy atom. The highest BCUT2D eigenvalue weighted by Crippen LogP contribution is 2.43. The van der Waals surface area contributed by atoms with E-state index in [-0.39, 0.29) is 5.91 Å². The number of hydrogen-bond acceptors (Lipinski definition) is 6. The van der Waals surface area contributed by atoms with E-state index in [9.17, 15) is 14.7 Å². The van der Waals surface area contributed by atoms with Gasteiger partial charge in [-0.25, -0.2) is 9.78 Å². The number of nitrogens with zero attached hydrogens (tertiary/aromatic N) is 3. The topological polar surface area (TPSA) is 73.7 Å². The van der Waals surface area contributed by atoms with Crippen LogP contribution in [0, 0.1) is 11.8 Å². The van der Waals surface area contributed by atoms with Crippen LogP contribution in [-0.4, -0.2) is 54.1 Å². The number of thiazole rings is 1. The van der Waals surface area contributed by atoms with E-state index < -0.39 is 5.97 Å². The van der Waals surface area contributed by atoms with Crippen molar-refractivity contribution in [3.63, 3.8) is 0 Å². The van der Waals surface area contributed by atoms with Crippen LogP contribution in [0.2, 0.25) is 0 Å². The van der Waals surface area contributed by atoms with Crippen molar-refractivity contribution in [1.29, 1.82) is 0 Å². The molecular weight excluding hydrogens is 502 g/mol. The molecule has 0 spiro atoms. The van der Waals surface area contributed by atoms with Gasteiger partial charge in [-0.1, -0.05) is 31.9 Å². The van der Waals surface area contributed by atoms with Gasteiger partial charge in [0.05, 0.1) is 5.51 Å². The van der Waals surface area contributed by atoms with Crippen LogP contribution in [0.4, 0.5) is 5.69 Å². The molecular formula is C29H33N3O3S2. The molecule has 3 aromatic rings. The van der Waals surface area contributed by atoms with Gasteiger partial charge in [0.2, 0.25) is 0 Å². The fraction of sp³-hybridized carbons (Fsp3) is 0.414. The highest BCUT2D eigenvalue weighted by molar-refractivity contribution is 7.17. The number of carboxylic acids is 1. The molecule has 37 heavy (non-hydrogen) atoms. The maximum Gasteiger partial charge on any atom is 0.346 e. The van der Waals surface area contributed by atoms with Crippen LogP contribution in [0.3, 0.4) is 0 Å². The summed E-state index contributed by atoms with van der Waals surface area (Å²) in [6, 6.07) is 9.83. The zero-order valence-corrected chi connectivity index (χ0v) is 23.2. The molecule has 0 saturated heterocycles. The van der Waals surface area contributed by atoms with Gasteiger partial charge in [0.25, 0.3) is 5.91 Å². The van der Waals surface area contributed by atoms with Gasteiger partial charge in [-0.15, -0.1) is 22.7 Å². The number of carbonyl (C=O) groups is 2. The number of anilines is 1. The third-order valence-electron chi connectivity index (χ3n) is 7.83. The monoisotopic (exact) mass is 535 g/mol. The molecule has 1 aromatic carbocycles. The molecule has 2 aliphatic rings. The second-order valence-electron chi connectivity index (χ2n) is 10.4. The van der Waals surface area contributed by atoms with E-state index in [0.29, 0.717) is 16.5 Å². The fourth-order valence-corrected chi connectivity index (χ4v) is 7.15. The number of aromatic carboxylic acids is 1. The smallest absolute Gasteiger partial charge is 0.346 e. The second kappa shape index (κ2) is 10.9. The van der Waals surface area contributed by atoms with Crippen LogP contribution in [0.1, 0.15) is 64.8 Å². The molecule has 1 fully saturated rings. The van der Waals surface area contributed by atoms with E-state index in [1.165, 1.54) is 59.5 Å². The first-order valence-corrected chi connectivity index (χ1v) is 14.6. The quantitative estimate of drug-likeness (QED) is 0.377. The largest absolute Gasteiger partial charge is 0.477 e. The first-order chi connectivity index (χ1) is 17.8. The van der Waals surface area contributed by atoms with Gasteiger partial charge in [-0.05, 0) is 73.1 Å². The van der Waals surface area contributed by atoms with E-state index in [2.05, 4.69) is 29.9 Å². The number of benzene rings is 1. The van der Waals surface area contributed by atoms with Crippen LogP contribution >= 0.6 is 22.7 Å². The lowest BCUT2D eigenvalue weighted by atomic mass is 9.75. The van der Waals surface area contributed by atoms with Gasteiger partial charge in [0, 0.05) is 41.6 Å². The number of aromatic nitrogens is 1. The summed E-state index contributed by atoms with van der Waals surface area (Å²) in [4.78, 5) is 34.5. The lowest BCUT2D eigenvalue weighted by Gasteiger charge is -2.35. The Morgan fingerprint density at radius 1 is 1.14 bits per heavy atom. The van der Waals surface area contributed by atoms with Gasteiger partial charge < -0.3 is 14.9 Å². The number of hydrogen-bond donors (Lipinski definition) is 1. The van der Waals surface area contributed by atoms with Crippen molar-refractivity contribution in [2.75, 3.05) is 32.1 Å². The number of thiophene rings is 1. The van der Waals surface area contributed by atoms with Crippen LogP contribution in [0.25, 0.3) is 16.0 Å². The maximum absolute atomic E-state index is 12.7. The summed E-state index contributed by atoms with van der Waals surface area (Å²) in [5, 5.41) is 11.9.